The maximum absolute atomic E-state index is 6.02. The minimum Gasteiger partial charge on any atom is -0.497 e. The van der Waals surface area contributed by atoms with Crippen molar-refractivity contribution in [2.24, 2.45) is 0 Å². The highest BCUT2D eigenvalue weighted by Gasteiger charge is 2.47. The fourth-order valence-corrected chi connectivity index (χ4v) is 3.50. The summed E-state index contributed by atoms with van der Waals surface area (Å²) in [5.74, 6) is 1.66. The highest BCUT2D eigenvalue weighted by Crippen LogP contribution is 2.36. The van der Waals surface area contributed by atoms with Gasteiger partial charge in [-0.25, -0.2) is 0 Å². The molecule has 2 fully saturated rings. The van der Waals surface area contributed by atoms with Crippen LogP contribution in [-0.2, 0) is 16.0 Å². The second kappa shape index (κ2) is 6.44. The van der Waals surface area contributed by atoms with Gasteiger partial charge in [-0.15, -0.1) is 0 Å². The third kappa shape index (κ3) is 3.21. The first-order valence-corrected chi connectivity index (χ1v) is 7.77. The van der Waals surface area contributed by atoms with Gasteiger partial charge in [0.05, 0.1) is 25.9 Å². The molecule has 2 aliphatic rings. The van der Waals surface area contributed by atoms with Crippen molar-refractivity contribution in [2.45, 2.75) is 31.1 Å². The van der Waals surface area contributed by atoms with E-state index in [4.69, 9.17) is 18.9 Å². The monoisotopic (exact) mass is 307 g/mol. The van der Waals surface area contributed by atoms with Crippen molar-refractivity contribution in [1.82, 2.24) is 4.90 Å². The lowest BCUT2D eigenvalue weighted by molar-refractivity contribution is -0.195. The smallest absolute Gasteiger partial charge is 0.122 e. The fourth-order valence-electron chi connectivity index (χ4n) is 3.50. The molecule has 2 saturated heterocycles. The van der Waals surface area contributed by atoms with Crippen LogP contribution in [-0.4, -0.2) is 57.6 Å². The molecule has 0 aromatic heterocycles. The molecular weight excluding hydrogens is 282 g/mol. The van der Waals surface area contributed by atoms with Crippen LogP contribution in [0.5, 0.6) is 11.5 Å². The average Bonchev–Trinajstić information content (AvgIpc) is 2.53. The maximum atomic E-state index is 6.02. The van der Waals surface area contributed by atoms with Crippen molar-refractivity contribution >= 4 is 0 Å². The van der Waals surface area contributed by atoms with E-state index in [1.807, 2.05) is 6.07 Å². The normalized spacial score (nSPS) is 24.0. The predicted octanol–water partition coefficient (Wildman–Crippen LogP) is 2.08. The van der Waals surface area contributed by atoms with Gasteiger partial charge in [0.25, 0.3) is 0 Å². The highest BCUT2D eigenvalue weighted by molar-refractivity contribution is 5.38. The predicted molar refractivity (Wildman–Crippen MR) is 83.5 cm³/mol. The van der Waals surface area contributed by atoms with Crippen molar-refractivity contribution in [3.8, 4) is 11.5 Å². The van der Waals surface area contributed by atoms with E-state index in [-0.39, 0.29) is 5.60 Å². The molecule has 0 bridgehead atoms. The maximum Gasteiger partial charge on any atom is 0.122 e. The van der Waals surface area contributed by atoms with Crippen molar-refractivity contribution in [1.29, 1.82) is 0 Å². The minimum absolute atomic E-state index is 0.00186. The molecule has 2 heterocycles. The molecule has 1 spiro atoms. The summed E-state index contributed by atoms with van der Waals surface area (Å²) in [7, 11) is 5.15. The largest absolute Gasteiger partial charge is 0.497 e. The van der Waals surface area contributed by atoms with Crippen LogP contribution in [0.25, 0.3) is 0 Å². The first-order chi connectivity index (χ1) is 10.7. The van der Waals surface area contributed by atoms with E-state index in [2.05, 4.69) is 17.0 Å². The number of ether oxygens (including phenoxy) is 4. The summed E-state index contributed by atoms with van der Waals surface area (Å²) >= 11 is 0. The Bertz CT molecular complexity index is 491. The van der Waals surface area contributed by atoms with Gasteiger partial charge in [0.1, 0.15) is 11.5 Å². The van der Waals surface area contributed by atoms with E-state index < -0.39 is 0 Å². The number of rotatable bonds is 5. The van der Waals surface area contributed by atoms with Gasteiger partial charge in [-0.05, 0) is 24.1 Å². The summed E-state index contributed by atoms with van der Waals surface area (Å²) in [6, 6.07) is 6.02. The summed E-state index contributed by atoms with van der Waals surface area (Å²) in [6.45, 7) is 3.62. The molecule has 0 N–H and O–H groups in total. The zero-order valence-electron chi connectivity index (χ0n) is 13.6. The van der Waals surface area contributed by atoms with Gasteiger partial charge in [-0.3, -0.25) is 4.90 Å². The third-order valence-corrected chi connectivity index (χ3v) is 4.62. The standard InChI is InChI=1S/C17H25NO4/c1-19-14-4-5-22-17(9-14)11-18(12-17)10-13-6-15(20-2)8-16(7-13)21-3/h6-8,14H,4-5,9-12H2,1-3H3. The zero-order valence-corrected chi connectivity index (χ0v) is 13.6. The van der Waals surface area contributed by atoms with Gasteiger partial charge in [-0.1, -0.05) is 0 Å². The first-order valence-electron chi connectivity index (χ1n) is 7.77. The fraction of sp³-hybridized carbons (Fsp3) is 0.647. The van der Waals surface area contributed by atoms with Crippen LogP contribution in [0.15, 0.2) is 18.2 Å². The summed E-state index contributed by atoms with van der Waals surface area (Å²) in [6.07, 6.45) is 2.35. The van der Waals surface area contributed by atoms with E-state index >= 15 is 0 Å². The molecule has 5 heteroatoms. The van der Waals surface area contributed by atoms with Gasteiger partial charge in [0, 0.05) is 45.8 Å². The number of hydrogen-bond donors (Lipinski definition) is 0. The SMILES string of the molecule is COc1cc(CN2CC3(CC(OC)CCO3)C2)cc(OC)c1. The van der Waals surface area contributed by atoms with Gasteiger partial charge >= 0.3 is 0 Å². The lowest BCUT2D eigenvalue weighted by atomic mass is 9.84. The molecule has 5 nitrogen and oxygen atoms in total. The van der Waals surface area contributed by atoms with Crippen molar-refractivity contribution < 1.29 is 18.9 Å². The number of methoxy groups -OCH3 is 3. The first kappa shape index (κ1) is 15.6. The van der Waals surface area contributed by atoms with Crippen molar-refractivity contribution in [3.05, 3.63) is 23.8 Å². The van der Waals surface area contributed by atoms with Crippen LogP contribution in [0.1, 0.15) is 18.4 Å². The van der Waals surface area contributed by atoms with Crippen LogP contribution in [0, 0.1) is 0 Å². The summed E-state index contributed by atoms with van der Waals surface area (Å²) in [5.41, 5.74) is 1.20. The van der Waals surface area contributed by atoms with Gasteiger partial charge in [0.2, 0.25) is 0 Å². The molecule has 0 radical (unpaired) electrons. The third-order valence-electron chi connectivity index (χ3n) is 4.62. The van der Waals surface area contributed by atoms with Crippen LogP contribution in [0.4, 0.5) is 0 Å². The van der Waals surface area contributed by atoms with Gasteiger partial charge < -0.3 is 18.9 Å². The number of nitrogens with zero attached hydrogens (tertiary/aromatic N) is 1. The molecule has 22 heavy (non-hydrogen) atoms. The highest BCUT2D eigenvalue weighted by atomic mass is 16.5. The Morgan fingerprint density at radius 2 is 1.82 bits per heavy atom. The van der Waals surface area contributed by atoms with Crippen molar-refractivity contribution in [2.75, 3.05) is 41.0 Å². The number of likely N-dealkylation sites (tertiary alicyclic amines) is 1. The molecule has 1 aromatic rings. The molecular formula is C17H25NO4. The Labute approximate surface area is 132 Å². The Morgan fingerprint density at radius 1 is 1.14 bits per heavy atom. The molecule has 122 valence electrons. The Balaban J connectivity index is 1.60. The molecule has 2 aliphatic heterocycles. The molecule has 1 aromatic carbocycles. The quantitative estimate of drug-likeness (QED) is 0.833. The lowest BCUT2D eigenvalue weighted by Gasteiger charge is -2.53. The molecule has 1 atom stereocenters. The Morgan fingerprint density at radius 3 is 2.41 bits per heavy atom. The van der Waals surface area contributed by atoms with E-state index in [1.165, 1.54) is 5.56 Å². The minimum atomic E-state index is 0.00186. The van der Waals surface area contributed by atoms with Crippen LogP contribution in [0.2, 0.25) is 0 Å². The molecule has 0 amide bonds. The molecule has 0 saturated carbocycles. The van der Waals surface area contributed by atoms with E-state index in [1.54, 1.807) is 21.3 Å². The van der Waals surface area contributed by atoms with Crippen LogP contribution in [0.3, 0.4) is 0 Å². The van der Waals surface area contributed by atoms with Gasteiger partial charge in [0.15, 0.2) is 0 Å². The van der Waals surface area contributed by atoms with E-state index in [0.29, 0.717) is 6.10 Å². The Kier molecular flexibility index (Phi) is 4.57. The number of benzene rings is 1. The lowest BCUT2D eigenvalue weighted by Crippen LogP contribution is -2.65. The van der Waals surface area contributed by atoms with Gasteiger partial charge in [-0.2, -0.15) is 0 Å². The molecule has 0 aliphatic carbocycles. The molecule has 1 unspecified atom stereocenters. The van der Waals surface area contributed by atoms with E-state index in [0.717, 1.165) is 50.6 Å². The van der Waals surface area contributed by atoms with Crippen LogP contribution < -0.4 is 9.47 Å². The molecule has 3 rings (SSSR count). The van der Waals surface area contributed by atoms with Crippen molar-refractivity contribution in [3.63, 3.8) is 0 Å². The average molecular weight is 307 g/mol. The van der Waals surface area contributed by atoms with E-state index in [9.17, 15) is 0 Å². The number of hydrogen-bond acceptors (Lipinski definition) is 5. The Hall–Kier alpha value is -1.30. The topological polar surface area (TPSA) is 40.2 Å². The summed E-state index contributed by atoms with van der Waals surface area (Å²) in [4.78, 5) is 2.40. The summed E-state index contributed by atoms with van der Waals surface area (Å²) in [5, 5.41) is 0. The second-order valence-electron chi connectivity index (χ2n) is 6.25. The second-order valence-corrected chi connectivity index (χ2v) is 6.25. The van der Waals surface area contributed by atoms with Crippen LogP contribution >= 0.6 is 0 Å². The summed E-state index contributed by atoms with van der Waals surface area (Å²) < 4.78 is 22.2. The zero-order chi connectivity index (χ0) is 15.6.